The molecule has 3 rings (SSSR count). The maximum atomic E-state index is 12.6. The molecule has 0 aliphatic carbocycles. The molecule has 1 saturated heterocycles. The highest BCUT2D eigenvalue weighted by atomic mass is 35.5. The van der Waals surface area contributed by atoms with Crippen LogP contribution >= 0.6 is 11.6 Å². The van der Waals surface area contributed by atoms with Crippen molar-refractivity contribution < 1.29 is 4.79 Å². The zero-order chi connectivity index (χ0) is 15.7. The summed E-state index contributed by atoms with van der Waals surface area (Å²) in [7, 11) is 0. The third-order valence-corrected chi connectivity index (χ3v) is 4.69. The third-order valence-electron chi connectivity index (χ3n) is 4.15. The van der Waals surface area contributed by atoms with Crippen LogP contribution in [0.15, 0.2) is 12.4 Å². The van der Waals surface area contributed by atoms with Gasteiger partial charge in [-0.3, -0.25) is 14.2 Å². The number of aryl methyl sites for hydroxylation is 1. The van der Waals surface area contributed by atoms with Crippen molar-refractivity contribution in [3.8, 4) is 0 Å². The van der Waals surface area contributed by atoms with Crippen LogP contribution in [-0.4, -0.2) is 48.2 Å². The first-order chi connectivity index (χ1) is 10.6. The lowest BCUT2D eigenvalue weighted by atomic mass is 10.2. The second kappa shape index (κ2) is 6.08. The van der Waals surface area contributed by atoms with Crippen LogP contribution in [0.2, 0.25) is 5.02 Å². The molecule has 1 aliphatic rings. The molecule has 0 spiro atoms. The molecule has 2 aromatic rings. The van der Waals surface area contributed by atoms with E-state index in [1.165, 1.54) is 0 Å². The second-order valence-corrected chi connectivity index (χ2v) is 6.03. The third kappa shape index (κ3) is 2.85. The fraction of sp³-hybridized carbons (Fsp3) is 0.571. The van der Waals surface area contributed by atoms with Crippen molar-refractivity contribution in [3.63, 3.8) is 0 Å². The van der Waals surface area contributed by atoms with Crippen LogP contribution in [0.25, 0.3) is 0 Å². The van der Waals surface area contributed by atoms with Gasteiger partial charge in [0.15, 0.2) is 0 Å². The molecular formula is C14H19ClN6O. The molecule has 0 aromatic carbocycles. The topological polar surface area (TPSA) is 68.8 Å². The Labute approximate surface area is 133 Å². The van der Waals surface area contributed by atoms with Crippen LogP contribution in [0.3, 0.4) is 0 Å². The number of hydrogen-bond acceptors (Lipinski definition) is 4. The Morgan fingerprint density at radius 1 is 1.45 bits per heavy atom. The summed E-state index contributed by atoms with van der Waals surface area (Å²) in [6.07, 6.45) is 5.48. The minimum atomic E-state index is 0.0740. The van der Waals surface area contributed by atoms with Crippen LogP contribution in [0.1, 0.15) is 24.2 Å². The molecule has 0 unspecified atom stereocenters. The maximum absolute atomic E-state index is 12.6. The first-order valence-electron chi connectivity index (χ1n) is 7.39. The standard InChI is InChI=1S/C14H19ClN6O/c1-10-14(15)11(2)21(17-10)9-13(22)20-6-3-4-12(20)8-19-7-5-16-18-19/h5,7,12H,3-4,6,8-9H2,1-2H3/t12-/m0/s1. The molecule has 0 N–H and O–H groups in total. The van der Waals surface area contributed by atoms with Gasteiger partial charge in [-0.2, -0.15) is 5.10 Å². The lowest BCUT2D eigenvalue weighted by molar-refractivity contribution is -0.133. The van der Waals surface area contributed by atoms with E-state index in [2.05, 4.69) is 15.4 Å². The van der Waals surface area contributed by atoms with Gasteiger partial charge in [-0.05, 0) is 26.7 Å². The van der Waals surface area contributed by atoms with Crippen molar-refractivity contribution >= 4 is 17.5 Å². The molecule has 3 heterocycles. The van der Waals surface area contributed by atoms with E-state index in [-0.39, 0.29) is 18.5 Å². The fourth-order valence-electron chi connectivity index (χ4n) is 2.95. The lowest BCUT2D eigenvalue weighted by Crippen LogP contribution is -2.40. The van der Waals surface area contributed by atoms with E-state index in [1.807, 2.05) is 24.9 Å². The molecule has 1 fully saturated rings. The number of carbonyl (C=O) groups is 1. The molecule has 8 heteroatoms. The number of rotatable bonds is 4. The quantitative estimate of drug-likeness (QED) is 0.854. The van der Waals surface area contributed by atoms with E-state index < -0.39 is 0 Å². The maximum Gasteiger partial charge on any atom is 0.244 e. The molecule has 1 aliphatic heterocycles. The molecule has 2 aromatic heterocycles. The largest absolute Gasteiger partial charge is 0.336 e. The number of likely N-dealkylation sites (tertiary alicyclic amines) is 1. The molecule has 1 atom stereocenters. The molecule has 118 valence electrons. The van der Waals surface area contributed by atoms with Gasteiger partial charge in [0.05, 0.1) is 35.2 Å². The van der Waals surface area contributed by atoms with Crippen LogP contribution in [0, 0.1) is 13.8 Å². The number of aromatic nitrogens is 5. The summed E-state index contributed by atoms with van der Waals surface area (Å²) < 4.78 is 3.46. The van der Waals surface area contributed by atoms with Gasteiger partial charge < -0.3 is 4.90 Å². The van der Waals surface area contributed by atoms with E-state index in [0.717, 1.165) is 30.8 Å². The van der Waals surface area contributed by atoms with E-state index in [9.17, 15) is 4.79 Å². The highest BCUT2D eigenvalue weighted by Crippen LogP contribution is 2.22. The van der Waals surface area contributed by atoms with Crippen LogP contribution in [0.4, 0.5) is 0 Å². The first-order valence-corrected chi connectivity index (χ1v) is 7.77. The number of hydrogen-bond donors (Lipinski definition) is 0. The van der Waals surface area contributed by atoms with Crippen LogP contribution in [0.5, 0.6) is 0 Å². The molecule has 0 radical (unpaired) electrons. The second-order valence-electron chi connectivity index (χ2n) is 5.65. The van der Waals surface area contributed by atoms with Gasteiger partial charge in [0.25, 0.3) is 0 Å². The fourth-order valence-corrected chi connectivity index (χ4v) is 3.08. The Hall–Kier alpha value is -1.89. The zero-order valence-corrected chi connectivity index (χ0v) is 13.5. The highest BCUT2D eigenvalue weighted by molar-refractivity contribution is 6.31. The van der Waals surface area contributed by atoms with Gasteiger partial charge in [-0.25, -0.2) is 0 Å². The van der Waals surface area contributed by atoms with Gasteiger partial charge >= 0.3 is 0 Å². The summed E-state index contributed by atoms with van der Waals surface area (Å²) >= 11 is 6.14. The molecule has 22 heavy (non-hydrogen) atoms. The van der Waals surface area contributed by atoms with Crippen LogP contribution in [-0.2, 0) is 17.9 Å². The van der Waals surface area contributed by atoms with E-state index in [0.29, 0.717) is 11.6 Å². The predicted molar refractivity (Wildman–Crippen MR) is 81.5 cm³/mol. The van der Waals surface area contributed by atoms with Gasteiger partial charge in [-0.15, -0.1) is 5.10 Å². The molecule has 0 bridgehead atoms. The molecule has 7 nitrogen and oxygen atoms in total. The highest BCUT2D eigenvalue weighted by Gasteiger charge is 2.29. The summed E-state index contributed by atoms with van der Waals surface area (Å²) in [5.74, 6) is 0.0740. The van der Waals surface area contributed by atoms with Crippen molar-refractivity contribution in [3.05, 3.63) is 28.8 Å². The summed E-state index contributed by atoms with van der Waals surface area (Å²) in [4.78, 5) is 14.5. The number of amides is 1. The minimum Gasteiger partial charge on any atom is -0.336 e. The SMILES string of the molecule is Cc1nn(CC(=O)N2CCC[C@H]2Cn2ccnn2)c(C)c1Cl. The average Bonchev–Trinajstić information content (AvgIpc) is 3.20. The Bertz CT molecular complexity index is 665. The Morgan fingerprint density at radius 3 is 2.91 bits per heavy atom. The molecule has 1 amide bonds. The van der Waals surface area contributed by atoms with Gasteiger partial charge in [0.1, 0.15) is 6.54 Å². The summed E-state index contributed by atoms with van der Waals surface area (Å²) in [5, 5.41) is 12.8. The molecule has 0 saturated carbocycles. The number of halogens is 1. The van der Waals surface area contributed by atoms with Gasteiger partial charge in [-0.1, -0.05) is 16.8 Å². The first kappa shape index (κ1) is 15.0. The summed E-state index contributed by atoms with van der Waals surface area (Å²) in [6.45, 7) is 5.42. The van der Waals surface area contributed by atoms with Crippen molar-refractivity contribution in [2.75, 3.05) is 6.54 Å². The number of nitrogens with zero attached hydrogens (tertiary/aromatic N) is 6. The lowest BCUT2D eigenvalue weighted by Gasteiger charge is -2.24. The Kier molecular flexibility index (Phi) is 4.15. The normalized spacial score (nSPS) is 18.1. The zero-order valence-electron chi connectivity index (χ0n) is 12.7. The predicted octanol–water partition coefficient (Wildman–Crippen LogP) is 1.44. The van der Waals surface area contributed by atoms with Gasteiger partial charge in [0.2, 0.25) is 5.91 Å². The van der Waals surface area contributed by atoms with Crippen molar-refractivity contribution in [2.45, 2.75) is 45.8 Å². The van der Waals surface area contributed by atoms with E-state index in [1.54, 1.807) is 15.6 Å². The number of carbonyl (C=O) groups excluding carboxylic acids is 1. The Morgan fingerprint density at radius 2 is 2.27 bits per heavy atom. The monoisotopic (exact) mass is 322 g/mol. The van der Waals surface area contributed by atoms with Crippen molar-refractivity contribution in [2.24, 2.45) is 0 Å². The summed E-state index contributed by atoms with van der Waals surface area (Å²) in [5.41, 5.74) is 1.59. The van der Waals surface area contributed by atoms with Crippen molar-refractivity contribution in [1.82, 2.24) is 29.7 Å². The molecular weight excluding hydrogens is 304 g/mol. The van der Waals surface area contributed by atoms with Crippen LogP contribution < -0.4 is 0 Å². The van der Waals surface area contributed by atoms with E-state index >= 15 is 0 Å². The van der Waals surface area contributed by atoms with E-state index in [4.69, 9.17) is 11.6 Å². The van der Waals surface area contributed by atoms with Crippen molar-refractivity contribution in [1.29, 1.82) is 0 Å². The van der Waals surface area contributed by atoms with Gasteiger partial charge in [0, 0.05) is 12.7 Å². The smallest absolute Gasteiger partial charge is 0.244 e. The minimum absolute atomic E-state index is 0.0740. The average molecular weight is 323 g/mol. The Balaban J connectivity index is 1.69. The summed E-state index contributed by atoms with van der Waals surface area (Å²) in [6, 6.07) is 0.168.